The minimum atomic E-state index is -1.22. The van der Waals surface area contributed by atoms with E-state index in [1.807, 2.05) is 18.2 Å². The normalized spacial score (nSPS) is 16.9. The van der Waals surface area contributed by atoms with Crippen molar-refractivity contribution < 1.29 is 28.2 Å². The topological polar surface area (TPSA) is 110 Å². The van der Waals surface area contributed by atoms with E-state index >= 15 is 0 Å². The van der Waals surface area contributed by atoms with E-state index in [0.717, 1.165) is 22.3 Å². The van der Waals surface area contributed by atoms with E-state index in [0.29, 0.717) is 19.0 Å². The van der Waals surface area contributed by atoms with E-state index in [9.17, 15) is 19.2 Å². The summed E-state index contributed by atoms with van der Waals surface area (Å²) in [7, 11) is 0. The lowest BCUT2D eigenvalue weighted by Crippen LogP contribution is -2.63. The number of alkyl carbamates (subject to hydrolysis) is 1. The van der Waals surface area contributed by atoms with Crippen LogP contribution in [0, 0.1) is 17.1 Å². The lowest BCUT2D eigenvalue weighted by Gasteiger charge is -2.37. The number of hydrogen-bond acceptors (Lipinski definition) is 6. The molecule has 8 nitrogen and oxygen atoms in total. The van der Waals surface area contributed by atoms with Gasteiger partial charge < -0.3 is 24.8 Å². The third-order valence-corrected chi connectivity index (χ3v) is 6.21. The highest BCUT2D eigenvalue weighted by Crippen LogP contribution is 2.38. The summed E-state index contributed by atoms with van der Waals surface area (Å²) in [4.78, 5) is 25.8. The van der Waals surface area contributed by atoms with Gasteiger partial charge in [0.1, 0.15) is 35.4 Å². The number of nitrogens with one attached hydrogen (secondary N) is 2. The van der Waals surface area contributed by atoms with E-state index in [4.69, 9.17) is 14.2 Å². The minimum Gasteiger partial charge on any atom is -0.488 e. The summed E-state index contributed by atoms with van der Waals surface area (Å²) in [5, 5.41) is 15.3. The molecular formula is C27H30FN3O5. The lowest BCUT2D eigenvalue weighted by molar-refractivity contribution is -0.132. The summed E-state index contributed by atoms with van der Waals surface area (Å²) in [5.41, 5.74) is 1.58. The first-order chi connectivity index (χ1) is 17.1. The van der Waals surface area contributed by atoms with Gasteiger partial charge in [0.2, 0.25) is 5.91 Å². The maximum absolute atomic E-state index is 13.5. The quantitative estimate of drug-likeness (QED) is 0.649. The summed E-state index contributed by atoms with van der Waals surface area (Å²) in [5.74, 6) is -0.304. The van der Waals surface area contributed by atoms with Crippen LogP contribution >= 0.6 is 0 Å². The molecule has 0 aliphatic carbocycles. The van der Waals surface area contributed by atoms with Crippen LogP contribution in [0.4, 0.5) is 9.18 Å². The molecule has 0 bridgehead atoms. The molecule has 2 aliphatic rings. The summed E-state index contributed by atoms with van der Waals surface area (Å²) < 4.78 is 30.0. The summed E-state index contributed by atoms with van der Waals surface area (Å²) in [6, 6.07) is 11.5. The van der Waals surface area contributed by atoms with E-state index < -0.39 is 29.2 Å². The third kappa shape index (κ3) is 5.77. The predicted molar refractivity (Wildman–Crippen MR) is 130 cm³/mol. The minimum absolute atomic E-state index is 0.269. The predicted octanol–water partition coefficient (Wildman–Crippen LogP) is 4.01. The van der Waals surface area contributed by atoms with Crippen LogP contribution in [-0.4, -0.2) is 42.4 Å². The van der Waals surface area contributed by atoms with Gasteiger partial charge >= 0.3 is 6.09 Å². The molecule has 2 amide bonds. The molecule has 2 heterocycles. The van der Waals surface area contributed by atoms with E-state index in [1.54, 1.807) is 26.8 Å². The van der Waals surface area contributed by atoms with E-state index in [2.05, 4.69) is 16.7 Å². The Hall–Kier alpha value is -3.64. The number of rotatable bonds is 5. The second-order valence-electron chi connectivity index (χ2n) is 10.1. The van der Waals surface area contributed by atoms with Crippen molar-refractivity contribution in [3.63, 3.8) is 0 Å². The van der Waals surface area contributed by atoms with Crippen molar-refractivity contribution in [2.24, 2.45) is 0 Å². The number of nitrogens with zero attached hydrogens (tertiary/aromatic N) is 1. The van der Waals surface area contributed by atoms with Gasteiger partial charge in [0.05, 0.1) is 6.07 Å². The number of hydrogen-bond donors (Lipinski definition) is 2. The Kier molecular flexibility index (Phi) is 7.18. The molecule has 0 radical (unpaired) electrons. The molecular weight excluding hydrogens is 465 g/mol. The second-order valence-corrected chi connectivity index (χ2v) is 10.1. The average Bonchev–Trinajstić information content (AvgIpc) is 2.82. The molecule has 4 rings (SSSR count). The molecule has 9 heteroatoms. The molecule has 2 N–H and O–H groups in total. The molecule has 2 aromatic rings. The average molecular weight is 496 g/mol. The summed E-state index contributed by atoms with van der Waals surface area (Å²) in [6.45, 7) is 6.12. The Balaban J connectivity index is 1.47. The number of carbonyl (C=O) groups excluding carboxylic acids is 2. The van der Waals surface area contributed by atoms with Gasteiger partial charge in [0.25, 0.3) is 0 Å². The first kappa shape index (κ1) is 25.5. The Labute approximate surface area is 209 Å². The van der Waals surface area contributed by atoms with Crippen molar-refractivity contribution >= 4 is 12.0 Å². The van der Waals surface area contributed by atoms with Gasteiger partial charge in [0.15, 0.2) is 0 Å². The van der Waals surface area contributed by atoms with Gasteiger partial charge in [-0.1, -0.05) is 18.2 Å². The van der Waals surface area contributed by atoms with Crippen molar-refractivity contribution in [2.75, 3.05) is 13.2 Å². The van der Waals surface area contributed by atoms with Gasteiger partial charge in [-0.15, -0.1) is 0 Å². The molecule has 1 atom stereocenters. The van der Waals surface area contributed by atoms with Gasteiger partial charge in [-0.25, -0.2) is 9.18 Å². The van der Waals surface area contributed by atoms with Crippen molar-refractivity contribution in [1.29, 1.82) is 5.26 Å². The first-order valence-electron chi connectivity index (χ1n) is 11.9. The SMILES string of the molecule is CC(C)(C)OC(=O)NC1(C(=O)NC(C#N)Cc2ccc3c(c2)COc2cc(F)ccc2-3)CCOCC1. The Morgan fingerprint density at radius 2 is 1.89 bits per heavy atom. The number of amides is 2. The first-order valence-corrected chi connectivity index (χ1v) is 11.9. The summed E-state index contributed by atoms with van der Waals surface area (Å²) in [6.07, 6.45) is 0.117. The maximum atomic E-state index is 13.5. The number of nitriles is 1. The molecule has 36 heavy (non-hydrogen) atoms. The highest BCUT2D eigenvalue weighted by molar-refractivity contribution is 5.90. The van der Waals surface area contributed by atoms with Crippen molar-refractivity contribution in [2.45, 2.75) is 63.8 Å². The molecule has 1 saturated heterocycles. The second kappa shape index (κ2) is 10.2. The largest absolute Gasteiger partial charge is 0.488 e. The smallest absolute Gasteiger partial charge is 0.408 e. The Morgan fingerprint density at radius 3 is 2.58 bits per heavy atom. The highest BCUT2D eigenvalue weighted by Gasteiger charge is 2.43. The highest BCUT2D eigenvalue weighted by atomic mass is 19.1. The molecule has 190 valence electrons. The summed E-state index contributed by atoms with van der Waals surface area (Å²) >= 11 is 0. The van der Waals surface area contributed by atoms with E-state index in [1.165, 1.54) is 12.1 Å². The Bertz CT molecular complexity index is 1190. The van der Waals surface area contributed by atoms with E-state index in [-0.39, 0.29) is 31.7 Å². The van der Waals surface area contributed by atoms with Gasteiger partial charge in [0, 0.05) is 44.1 Å². The molecule has 2 aliphatic heterocycles. The number of benzene rings is 2. The molecule has 0 spiro atoms. The Morgan fingerprint density at radius 1 is 1.17 bits per heavy atom. The fraction of sp³-hybridized carbons (Fsp3) is 0.444. The fourth-order valence-electron chi connectivity index (χ4n) is 4.44. The molecule has 1 unspecified atom stereocenters. The van der Waals surface area contributed by atoms with Gasteiger partial charge in [-0.2, -0.15) is 5.26 Å². The van der Waals surface area contributed by atoms with Crippen LogP contribution in [0.5, 0.6) is 5.75 Å². The van der Waals surface area contributed by atoms with Crippen LogP contribution in [0.2, 0.25) is 0 Å². The van der Waals surface area contributed by atoms with Crippen LogP contribution in [-0.2, 0) is 27.3 Å². The number of fused-ring (bicyclic) bond motifs is 3. The van der Waals surface area contributed by atoms with Gasteiger partial charge in [-0.05, 0) is 49.6 Å². The van der Waals surface area contributed by atoms with Crippen LogP contribution < -0.4 is 15.4 Å². The molecule has 0 aromatic heterocycles. The molecule has 2 aromatic carbocycles. The van der Waals surface area contributed by atoms with Crippen molar-refractivity contribution in [3.8, 4) is 22.9 Å². The third-order valence-electron chi connectivity index (χ3n) is 6.21. The van der Waals surface area contributed by atoms with Crippen molar-refractivity contribution in [1.82, 2.24) is 10.6 Å². The monoisotopic (exact) mass is 495 g/mol. The standard InChI is InChI=1S/C27H30FN3O5/c1-26(2,3)36-25(33)31-27(8-10-34-11-9-27)24(32)30-20(15-29)13-17-4-6-21-18(12-17)16-35-23-14-19(28)5-7-22(21)23/h4-7,12,14,20H,8-11,13,16H2,1-3H3,(H,30,32)(H,31,33). The lowest BCUT2D eigenvalue weighted by atomic mass is 9.88. The molecule has 1 fully saturated rings. The maximum Gasteiger partial charge on any atom is 0.408 e. The number of carbonyl (C=O) groups is 2. The number of halogens is 1. The zero-order chi connectivity index (χ0) is 25.9. The fourth-order valence-corrected chi connectivity index (χ4v) is 4.44. The number of ether oxygens (including phenoxy) is 3. The zero-order valence-electron chi connectivity index (χ0n) is 20.7. The van der Waals surface area contributed by atoms with Crippen LogP contribution in [0.25, 0.3) is 11.1 Å². The van der Waals surface area contributed by atoms with Crippen LogP contribution in [0.3, 0.4) is 0 Å². The molecule has 0 saturated carbocycles. The van der Waals surface area contributed by atoms with Gasteiger partial charge in [-0.3, -0.25) is 4.79 Å². The van der Waals surface area contributed by atoms with Crippen molar-refractivity contribution in [3.05, 3.63) is 53.3 Å². The van der Waals surface area contributed by atoms with Crippen LogP contribution in [0.1, 0.15) is 44.7 Å². The van der Waals surface area contributed by atoms with Crippen LogP contribution in [0.15, 0.2) is 36.4 Å². The zero-order valence-corrected chi connectivity index (χ0v) is 20.7.